The quantitative estimate of drug-likeness (QED) is 0.455. The second-order valence-corrected chi connectivity index (χ2v) is 7.64. The molecule has 1 aromatic heterocycles. The summed E-state index contributed by atoms with van der Waals surface area (Å²) >= 11 is 1.61. The summed E-state index contributed by atoms with van der Waals surface area (Å²) in [4.78, 5) is 12.6. The molecule has 0 aliphatic heterocycles. The van der Waals surface area contributed by atoms with Crippen LogP contribution in [0.2, 0.25) is 0 Å². The van der Waals surface area contributed by atoms with Gasteiger partial charge in [-0.2, -0.15) is 11.3 Å². The Kier molecular flexibility index (Phi) is 6.39. The molecule has 4 nitrogen and oxygen atoms in total. The summed E-state index contributed by atoms with van der Waals surface area (Å²) in [7, 11) is 0. The zero-order valence-electron chi connectivity index (χ0n) is 15.2. The fourth-order valence-corrected chi connectivity index (χ4v) is 3.13. The predicted octanol–water partition coefficient (Wildman–Crippen LogP) is 4.45. The highest BCUT2D eigenvalue weighted by Crippen LogP contribution is 2.27. The van der Waals surface area contributed by atoms with Crippen molar-refractivity contribution < 1.29 is 9.53 Å². The fourth-order valence-electron chi connectivity index (χ4n) is 2.44. The van der Waals surface area contributed by atoms with Gasteiger partial charge in [0.05, 0.1) is 11.6 Å². The SMILES string of the molecule is C/C=C(/C(=O)OC(C)(C)C)C(NCc1ccc(N)cc1)c1ccsc1. The molecule has 0 aliphatic rings. The molecule has 1 atom stereocenters. The maximum Gasteiger partial charge on any atom is 0.336 e. The first-order valence-corrected chi connectivity index (χ1v) is 9.24. The number of carbonyl (C=O) groups excluding carboxylic acids is 1. The van der Waals surface area contributed by atoms with Crippen molar-refractivity contribution in [3.05, 3.63) is 63.9 Å². The van der Waals surface area contributed by atoms with Gasteiger partial charge < -0.3 is 15.8 Å². The number of hydrogen-bond acceptors (Lipinski definition) is 5. The van der Waals surface area contributed by atoms with Crippen molar-refractivity contribution >= 4 is 23.0 Å². The normalized spacial score (nSPS) is 13.5. The van der Waals surface area contributed by atoms with Crippen LogP contribution in [0, 0.1) is 0 Å². The van der Waals surface area contributed by atoms with Crippen molar-refractivity contribution in [3.8, 4) is 0 Å². The number of rotatable bonds is 6. The van der Waals surface area contributed by atoms with Crippen molar-refractivity contribution in [3.63, 3.8) is 0 Å². The molecule has 3 N–H and O–H groups in total. The van der Waals surface area contributed by atoms with Crippen LogP contribution in [0.3, 0.4) is 0 Å². The van der Waals surface area contributed by atoms with Crippen LogP contribution in [0.1, 0.15) is 44.9 Å². The van der Waals surface area contributed by atoms with E-state index in [0.717, 1.165) is 16.8 Å². The Morgan fingerprint density at radius 1 is 1.28 bits per heavy atom. The molecule has 2 rings (SSSR count). The minimum absolute atomic E-state index is 0.219. The van der Waals surface area contributed by atoms with E-state index in [1.165, 1.54) is 0 Å². The summed E-state index contributed by atoms with van der Waals surface area (Å²) < 4.78 is 5.58. The molecule has 0 saturated heterocycles. The molecule has 134 valence electrons. The third kappa shape index (κ3) is 5.73. The van der Waals surface area contributed by atoms with E-state index in [4.69, 9.17) is 10.5 Å². The van der Waals surface area contributed by atoms with Crippen LogP contribution in [0.4, 0.5) is 5.69 Å². The van der Waals surface area contributed by atoms with Crippen LogP contribution < -0.4 is 11.1 Å². The number of nitrogens with two attached hydrogens (primary N) is 1. The summed E-state index contributed by atoms with van der Waals surface area (Å²) in [6, 6.07) is 9.52. The minimum atomic E-state index is -0.526. The number of nitrogen functional groups attached to an aromatic ring is 1. The monoisotopic (exact) mass is 358 g/mol. The molecule has 5 heteroatoms. The smallest absolute Gasteiger partial charge is 0.336 e. The maximum absolute atomic E-state index is 12.6. The van der Waals surface area contributed by atoms with Gasteiger partial charge >= 0.3 is 5.97 Å². The largest absolute Gasteiger partial charge is 0.457 e. The van der Waals surface area contributed by atoms with Gasteiger partial charge in [-0.3, -0.25) is 0 Å². The number of nitrogens with one attached hydrogen (secondary N) is 1. The molecule has 2 aromatic rings. The topological polar surface area (TPSA) is 64.3 Å². The van der Waals surface area contributed by atoms with Gasteiger partial charge in [-0.25, -0.2) is 4.79 Å². The average molecular weight is 359 g/mol. The lowest BCUT2D eigenvalue weighted by Crippen LogP contribution is -2.31. The fraction of sp³-hybridized carbons (Fsp3) is 0.350. The van der Waals surface area contributed by atoms with Crippen molar-refractivity contribution in [2.24, 2.45) is 0 Å². The minimum Gasteiger partial charge on any atom is -0.457 e. The molecule has 0 amide bonds. The molecule has 1 aromatic carbocycles. The van der Waals surface area contributed by atoms with E-state index in [9.17, 15) is 4.79 Å². The number of allylic oxidation sites excluding steroid dienone is 1. The van der Waals surface area contributed by atoms with Crippen LogP contribution >= 0.6 is 11.3 Å². The molecule has 0 saturated carbocycles. The summed E-state index contributed by atoms with van der Waals surface area (Å²) in [6.45, 7) is 8.11. The summed E-state index contributed by atoms with van der Waals surface area (Å²) in [6.07, 6.45) is 1.83. The molecular formula is C20H26N2O2S. The number of hydrogen-bond donors (Lipinski definition) is 2. The average Bonchev–Trinajstić information content (AvgIpc) is 3.05. The van der Waals surface area contributed by atoms with E-state index < -0.39 is 5.60 Å². The molecule has 1 unspecified atom stereocenters. The lowest BCUT2D eigenvalue weighted by molar-refractivity contribution is -0.150. The van der Waals surface area contributed by atoms with Gasteiger partial charge in [0.1, 0.15) is 5.60 Å². The zero-order chi connectivity index (χ0) is 18.4. The first-order chi connectivity index (χ1) is 11.8. The maximum atomic E-state index is 12.6. The Balaban J connectivity index is 2.20. The molecule has 0 aliphatic carbocycles. The highest BCUT2D eigenvalue weighted by atomic mass is 32.1. The molecule has 0 spiro atoms. The Labute approximate surface area is 153 Å². The van der Waals surface area contributed by atoms with E-state index in [1.54, 1.807) is 11.3 Å². The molecule has 0 fully saturated rings. The van der Waals surface area contributed by atoms with Crippen LogP contribution in [0.15, 0.2) is 52.7 Å². The molecule has 25 heavy (non-hydrogen) atoms. The van der Waals surface area contributed by atoms with Gasteiger partial charge in [0.15, 0.2) is 0 Å². The first kappa shape index (κ1) is 19.2. The lowest BCUT2D eigenvalue weighted by atomic mass is 10.00. The van der Waals surface area contributed by atoms with E-state index in [-0.39, 0.29) is 12.0 Å². The number of anilines is 1. The Hall–Kier alpha value is -2.11. The van der Waals surface area contributed by atoms with Gasteiger partial charge in [0.2, 0.25) is 0 Å². The summed E-state index contributed by atoms with van der Waals surface area (Å²) in [5.41, 5.74) is 8.72. The number of esters is 1. The van der Waals surface area contributed by atoms with Crippen LogP contribution in [-0.4, -0.2) is 11.6 Å². The third-order valence-electron chi connectivity index (χ3n) is 3.62. The zero-order valence-corrected chi connectivity index (χ0v) is 16.0. The Bertz CT molecular complexity index is 713. The van der Waals surface area contributed by atoms with Crippen molar-refractivity contribution in [2.75, 3.05) is 5.73 Å². The van der Waals surface area contributed by atoms with Gasteiger partial charge in [0, 0.05) is 12.2 Å². The first-order valence-electron chi connectivity index (χ1n) is 8.29. The second kappa shape index (κ2) is 8.32. The summed E-state index contributed by atoms with van der Waals surface area (Å²) in [5, 5.41) is 7.53. The standard InChI is InChI=1S/C20H26N2O2S/c1-5-17(19(23)24-20(2,3)4)18(15-10-11-25-13-15)22-12-14-6-8-16(21)9-7-14/h5-11,13,18,22H,12,21H2,1-4H3/b17-5+. The van der Waals surface area contributed by atoms with E-state index in [1.807, 2.05) is 69.5 Å². The van der Waals surface area contributed by atoms with Crippen LogP contribution in [0.5, 0.6) is 0 Å². The molecule has 0 bridgehead atoms. The van der Waals surface area contributed by atoms with Crippen molar-refractivity contribution in [2.45, 2.75) is 45.9 Å². The van der Waals surface area contributed by atoms with Crippen LogP contribution in [0.25, 0.3) is 0 Å². The van der Waals surface area contributed by atoms with Crippen LogP contribution in [-0.2, 0) is 16.1 Å². The number of ether oxygens (including phenoxy) is 1. The van der Waals surface area contributed by atoms with E-state index >= 15 is 0 Å². The Morgan fingerprint density at radius 3 is 2.48 bits per heavy atom. The molecule has 0 radical (unpaired) electrons. The number of carbonyl (C=O) groups is 1. The highest BCUT2D eigenvalue weighted by molar-refractivity contribution is 7.08. The van der Waals surface area contributed by atoms with Crippen molar-refractivity contribution in [1.82, 2.24) is 5.32 Å². The summed E-state index contributed by atoms with van der Waals surface area (Å²) in [5.74, 6) is -0.295. The van der Waals surface area contributed by atoms with Crippen molar-refractivity contribution in [1.29, 1.82) is 0 Å². The van der Waals surface area contributed by atoms with E-state index in [0.29, 0.717) is 12.1 Å². The van der Waals surface area contributed by atoms with Gasteiger partial charge in [-0.05, 0) is 67.8 Å². The number of benzene rings is 1. The van der Waals surface area contributed by atoms with Gasteiger partial charge in [-0.1, -0.05) is 18.2 Å². The molecular weight excluding hydrogens is 332 g/mol. The number of thiophene rings is 1. The highest BCUT2D eigenvalue weighted by Gasteiger charge is 2.26. The second-order valence-electron chi connectivity index (χ2n) is 6.86. The third-order valence-corrected chi connectivity index (χ3v) is 4.32. The molecule has 1 heterocycles. The van der Waals surface area contributed by atoms with Gasteiger partial charge in [-0.15, -0.1) is 0 Å². The lowest BCUT2D eigenvalue weighted by Gasteiger charge is -2.25. The predicted molar refractivity (Wildman–Crippen MR) is 104 cm³/mol. The van der Waals surface area contributed by atoms with Gasteiger partial charge in [0.25, 0.3) is 0 Å². The Morgan fingerprint density at radius 2 is 1.96 bits per heavy atom. The van der Waals surface area contributed by atoms with E-state index in [2.05, 4.69) is 10.7 Å².